The van der Waals surface area contributed by atoms with E-state index in [0.29, 0.717) is 12.2 Å². The molecule has 0 aliphatic rings. The highest BCUT2D eigenvalue weighted by Gasteiger charge is 2.09. The fraction of sp³-hybridized carbons (Fsp3) is 0.0800. The summed E-state index contributed by atoms with van der Waals surface area (Å²) in [5, 5.41) is 0. The number of benzene rings is 3. The van der Waals surface area contributed by atoms with Crippen molar-refractivity contribution in [3.8, 4) is 11.8 Å². The largest absolute Gasteiger partial charge is 0.463 e. The first kappa shape index (κ1) is 19.1. The molecule has 0 bridgehead atoms. The molecule has 28 heavy (non-hydrogen) atoms. The second-order valence-corrected chi connectivity index (χ2v) is 6.01. The van der Waals surface area contributed by atoms with E-state index in [1.165, 1.54) is 18.2 Å². The van der Waals surface area contributed by atoms with Crippen molar-refractivity contribution in [2.45, 2.75) is 6.92 Å². The molecule has 0 unspecified atom stereocenters. The van der Waals surface area contributed by atoms with Crippen LogP contribution in [0.15, 0.2) is 84.9 Å². The normalized spacial score (nSPS) is 10.7. The van der Waals surface area contributed by atoms with E-state index < -0.39 is 5.97 Å². The van der Waals surface area contributed by atoms with Crippen LogP contribution in [-0.2, 0) is 9.53 Å². The second kappa shape index (κ2) is 9.34. The van der Waals surface area contributed by atoms with Crippen LogP contribution in [-0.4, -0.2) is 12.6 Å². The van der Waals surface area contributed by atoms with E-state index in [0.717, 1.165) is 22.3 Å². The molecule has 0 saturated heterocycles. The molecule has 0 aliphatic carbocycles. The standard InChI is InChI=1S/C25H19FO2/c1-2-28-25(27)18-24(22-14-16-23(26)17-15-22)21-12-10-20(11-13-21)9-8-19-6-4-3-5-7-19/h3-7,10-18H,2H2,1H3. The van der Waals surface area contributed by atoms with Crippen molar-refractivity contribution in [2.75, 3.05) is 6.61 Å². The maximum absolute atomic E-state index is 13.3. The number of ether oxygens (including phenoxy) is 1. The molecule has 3 aromatic rings. The van der Waals surface area contributed by atoms with Gasteiger partial charge >= 0.3 is 5.97 Å². The second-order valence-electron chi connectivity index (χ2n) is 6.01. The average molecular weight is 370 g/mol. The van der Waals surface area contributed by atoms with Crippen LogP contribution >= 0.6 is 0 Å². The molecular weight excluding hydrogens is 351 g/mol. The van der Waals surface area contributed by atoms with Crippen molar-refractivity contribution >= 4 is 11.5 Å². The molecule has 3 aromatic carbocycles. The Labute approximate surface area is 164 Å². The van der Waals surface area contributed by atoms with Crippen molar-refractivity contribution in [2.24, 2.45) is 0 Å². The Morgan fingerprint density at radius 1 is 0.857 bits per heavy atom. The van der Waals surface area contributed by atoms with E-state index in [4.69, 9.17) is 4.74 Å². The van der Waals surface area contributed by atoms with Gasteiger partial charge in [-0.1, -0.05) is 54.3 Å². The monoisotopic (exact) mass is 370 g/mol. The summed E-state index contributed by atoms with van der Waals surface area (Å²) < 4.78 is 18.3. The zero-order chi connectivity index (χ0) is 19.8. The minimum Gasteiger partial charge on any atom is -0.463 e. The van der Waals surface area contributed by atoms with Crippen molar-refractivity contribution in [3.05, 3.63) is 113 Å². The van der Waals surface area contributed by atoms with Crippen molar-refractivity contribution < 1.29 is 13.9 Å². The predicted octanol–water partition coefficient (Wildman–Crippen LogP) is 5.22. The van der Waals surface area contributed by atoms with Gasteiger partial charge in [0.25, 0.3) is 0 Å². The van der Waals surface area contributed by atoms with Crippen molar-refractivity contribution in [3.63, 3.8) is 0 Å². The molecule has 0 heterocycles. The lowest BCUT2D eigenvalue weighted by Crippen LogP contribution is -2.02. The van der Waals surface area contributed by atoms with Gasteiger partial charge in [0, 0.05) is 17.2 Å². The number of hydrogen-bond donors (Lipinski definition) is 0. The zero-order valence-corrected chi connectivity index (χ0v) is 15.5. The van der Waals surface area contributed by atoms with E-state index in [1.807, 2.05) is 54.6 Å². The summed E-state index contributed by atoms with van der Waals surface area (Å²) >= 11 is 0. The van der Waals surface area contributed by atoms with Gasteiger partial charge < -0.3 is 4.74 Å². The van der Waals surface area contributed by atoms with Crippen molar-refractivity contribution in [1.29, 1.82) is 0 Å². The number of esters is 1. The molecule has 3 rings (SSSR count). The van der Waals surface area contributed by atoms with Crippen LogP contribution in [0.2, 0.25) is 0 Å². The Kier molecular flexibility index (Phi) is 6.38. The Hall–Kier alpha value is -3.64. The van der Waals surface area contributed by atoms with E-state index >= 15 is 0 Å². The van der Waals surface area contributed by atoms with Gasteiger partial charge in [-0.15, -0.1) is 0 Å². The molecule has 2 nitrogen and oxygen atoms in total. The summed E-state index contributed by atoms with van der Waals surface area (Å²) in [5.74, 6) is 5.48. The summed E-state index contributed by atoms with van der Waals surface area (Å²) in [5.41, 5.74) is 4.03. The fourth-order valence-corrected chi connectivity index (χ4v) is 2.66. The van der Waals surface area contributed by atoms with Gasteiger partial charge in [-0.2, -0.15) is 0 Å². The minimum absolute atomic E-state index is 0.292. The van der Waals surface area contributed by atoms with Gasteiger partial charge in [0.2, 0.25) is 0 Å². The summed E-state index contributed by atoms with van der Waals surface area (Å²) in [4.78, 5) is 12.0. The Morgan fingerprint density at radius 3 is 1.96 bits per heavy atom. The van der Waals surface area contributed by atoms with Crippen molar-refractivity contribution in [1.82, 2.24) is 0 Å². The van der Waals surface area contributed by atoms with Gasteiger partial charge in [0.05, 0.1) is 6.61 Å². The summed E-state index contributed by atoms with van der Waals surface area (Å²) in [7, 11) is 0. The molecule has 0 radical (unpaired) electrons. The highest BCUT2D eigenvalue weighted by atomic mass is 19.1. The SMILES string of the molecule is CCOC(=O)C=C(c1ccc(F)cc1)c1ccc(C#Cc2ccccc2)cc1. The molecule has 0 atom stereocenters. The first-order chi connectivity index (χ1) is 13.7. The topological polar surface area (TPSA) is 26.3 Å². The number of carbonyl (C=O) groups excluding carboxylic acids is 1. The van der Waals surface area contributed by atoms with Gasteiger partial charge in [-0.25, -0.2) is 9.18 Å². The smallest absolute Gasteiger partial charge is 0.331 e. The van der Waals surface area contributed by atoms with Crippen LogP contribution in [0.4, 0.5) is 4.39 Å². The zero-order valence-electron chi connectivity index (χ0n) is 15.5. The van der Waals surface area contributed by atoms with E-state index in [-0.39, 0.29) is 5.82 Å². The highest BCUT2D eigenvalue weighted by molar-refractivity contribution is 5.96. The number of rotatable bonds is 4. The molecule has 0 spiro atoms. The molecule has 0 amide bonds. The van der Waals surface area contributed by atoms with E-state index in [2.05, 4.69) is 11.8 Å². The summed E-state index contributed by atoms with van der Waals surface area (Å²) in [6.45, 7) is 2.05. The molecule has 0 N–H and O–H groups in total. The van der Waals surface area contributed by atoms with E-state index in [1.54, 1.807) is 19.1 Å². The molecule has 0 saturated carbocycles. The Bertz CT molecular complexity index is 1020. The number of hydrogen-bond acceptors (Lipinski definition) is 2. The average Bonchev–Trinajstić information content (AvgIpc) is 2.73. The van der Waals surface area contributed by atoms with Crippen LogP contribution in [0.5, 0.6) is 0 Å². The Balaban J connectivity index is 1.91. The van der Waals surface area contributed by atoms with Crippen LogP contribution in [0, 0.1) is 17.7 Å². The molecule has 0 aliphatic heterocycles. The Morgan fingerprint density at radius 2 is 1.39 bits per heavy atom. The van der Waals surface area contributed by atoms with Crippen LogP contribution in [0.3, 0.4) is 0 Å². The maximum Gasteiger partial charge on any atom is 0.331 e. The lowest BCUT2D eigenvalue weighted by Gasteiger charge is -2.09. The van der Waals surface area contributed by atoms with Crippen LogP contribution < -0.4 is 0 Å². The third-order valence-corrected chi connectivity index (χ3v) is 4.02. The van der Waals surface area contributed by atoms with Gasteiger partial charge in [0.1, 0.15) is 5.82 Å². The summed E-state index contributed by atoms with van der Waals surface area (Å²) in [6, 6.07) is 23.4. The predicted molar refractivity (Wildman–Crippen MR) is 109 cm³/mol. The lowest BCUT2D eigenvalue weighted by atomic mass is 9.96. The highest BCUT2D eigenvalue weighted by Crippen LogP contribution is 2.24. The number of carbonyl (C=O) groups is 1. The summed E-state index contributed by atoms with van der Waals surface area (Å²) in [6.07, 6.45) is 1.43. The third-order valence-electron chi connectivity index (χ3n) is 4.02. The molecule has 0 aromatic heterocycles. The lowest BCUT2D eigenvalue weighted by molar-refractivity contribution is -0.137. The molecule has 3 heteroatoms. The first-order valence-electron chi connectivity index (χ1n) is 8.97. The molecule has 0 fully saturated rings. The first-order valence-corrected chi connectivity index (χ1v) is 8.97. The van der Waals surface area contributed by atoms with Gasteiger partial charge in [0.15, 0.2) is 0 Å². The maximum atomic E-state index is 13.3. The quantitative estimate of drug-likeness (QED) is 0.358. The number of halogens is 1. The van der Waals surface area contributed by atoms with Gasteiger partial charge in [-0.05, 0) is 60.0 Å². The van der Waals surface area contributed by atoms with E-state index in [9.17, 15) is 9.18 Å². The molecular formula is C25H19FO2. The van der Waals surface area contributed by atoms with Crippen LogP contribution in [0.1, 0.15) is 29.2 Å². The fourth-order valence-electron chi connectivity index (χ4n) is 2.66. The minimum atomic E-state index is -0.435. The van der Waals surface area contributed by atoms with Crippen LogP contribution in [0.25, 0.3) is 5.57 Å². The third kappa shape index (κ3) is 5.18. The van der Waals surface area contributed by atoms with Gasteiger partial charge in [-0.3, -0.25) is 0 Å². The molecule has 138 valence electrons.